The summed E-state index contributed by atoms with van der Waals surface area (Å²) in [5.74, 6) is 0.227. The zero-order valence-electron chi connectivity index (χ0n) is 15.8. The lowest BCUT2D eigenvalue weighted by Crippen LogP contribution is -2.31. The minimum Gasteiger partial charge on any atom is -0.462 e. The van der Waals surface area contributed by atoms with Crippen molar-refractivity contribution in [3.05, 3.63) is 16.0 Å². The molecule has 0 spiro atoms. The van der Waals surface area contributed by atoms with Crippen LogP contribution in [0, 0.1) is 5.92 Å². The number of carbonyl (C=O) groups is 2. The number of unbranched alkanes of at least 4 members (excludes halogenated alkanes) is 1. The first-order valence-corrected chi connectivity index (χ1v) is 10.1. The number of ether oxygens (including phenoxy) is 1. The predicted octanol–water partition coefficient (Wildman–Crippen LogP) is 3.72. The average molecular weight is 367 g/mol. The summed E-state index contributed by atoms with van der Waals surface area (Å²) in [6.07, 6.45) is 5.10. The summed E-state index contributed by atoms with van der Waals surface area (Å²) in [5.41, 5.74) is 1.66. The lowest BCUT2D eigenvalue weighted by molar-refractivity contribution is -0.117. The number of anilines is 1. The summed E-state index contributed by atoms with van der Waals surface area (Å²) < 4.78 is 5.24. The van der Waals surface area contributed by atoms with Gasteiger partial charge in [-0.15, -0.1) is 11.3 Å². The minimum atomic E-state index is -0.316. The van der Waals surface area contributed by atoms with E-state index in [-0.39, 0.29) is 11.9 Å². The number of nitrogens with one attached hydrogen (secondary N) is 1. The number of fused-ring (bicyclic) bond motifs is 1. The number of rotatable bonds is 8. The number of likely N-dealkylation sites (N-methyl/N-ethyl adjacent to an activating group) is 1. The van der Waals surface area contributed by atoms with Gasteiger partial charge in [-0.1, -0.05) is 20.3 Å². The van der Waals surface area contributed by atoms with Crippen molar-refractivity contribution in [1.82, 2.24) is 4.90 Å². The third-order valence-electron chi connectivity index (χ3n) is 4.55. The van der Waals surface area contributed by atoms with Crippen LogP contribution in [0.2, 0.25) is 0 Å². The maximum Gasteiger partial charge on any atom is 0.341 e. The zero-order chi connectivity index (χ0) is 18.4. The molecule has 1 heterocycles. The second kappa shape index (κ2) is 9.34. The Bertz CT molecular complexity index is 612. The van der Waals surface area contributed by atoms with Gasteiger partial charge in [-0.2, -0.15) is 0 Å². The van der Waals surface area contributed by atoms with Gasteiger partial charge in [0.25, 0.3) is 0 Å². The number of esters is 1. The van der Waals surface area contributed by atoms with Crippen LogP contribution in [0.5, 0.6) is 0 Å². The van der Waals surface area contributed by atoms with E-state index >= 15 is 0 Å². The summed E-state index contributed by atoms with van der Waals surface area (Å²) >= 11 is 1.54. The van der Waals surface area contributed by atoms with E-state index in [1.165, 1.54) is 4.88 Å². The van der Waals surface area contributed by atoms with Crippen molar-refractivity contribution in [2.75, 3.05) is 32.1 Å². The van der Waals surface area contributed by atoms with Gasteiger partial charge in [-0.05, 0) is 57.7 Å². The van der Waals surface area contributed by atoms with Gasteiger partial charge < -0.3 is 10.1 Å². The Morgan fingerprint density at radius 2 is 2.12 bits per heavy atom. The van der Waals surface area contributed by atoms with Gasteiger partial charge in [0.2, 0.25) is 5.91 Å². The van der Waals surface area contributed by atoms with E-state index in [2.05, 4.69) is 19.2 Å². The maximum absolute atomic E-state index is 12.4. The van der Waals surface area contributed by atoms with Gasteiger partial charge >= 0.3 is 5.97 Å². The number of hydrogen-bond donors (Lipinski definition) is 1. The van der Waals surface area contributed by atoms with Crippen LogP contribution >= 0.6 is 11.3 Å². The second-order valence-corrected chi connectivity index (χ2v) is 8.02. The molecule has 0 aromatic carbocycles. The molecule has 0 saturated heterocycles. The molecule has 0 unspecified atom stereocenters. The standard InChI is InChI=1S/C19H30N2O3S/c1-5-7-10-21(4)12-16(22)20-18-17(19(23)24-6-2)14-9-8-13(3)11-15(14)25-18/h13H,5-12H2,1-4H3,(H,20,22)/t13-/m0/s1. The van der Waals surface area contributed by atoms with Crippen LogP contribution < -0.4 is 5.32 Å². The fourth-order valence-electron chi connectivity index (χ4n) is 3.18. The van der Waals surface area contributed by atoms with E-state index in [9.17, 15) is 9.59 Å². The molecule has 1 aliphatic carbocycles. The smallest absolute Gasteiger partial charge is 0.341 e. The SMILES string of the molecule is CCCCN(C)CC(=O)Nc1sc2c(c1C(=O)OCC)CC[C@H](C)C2. The first kappa shape index (κ1) is 19.9. The van der Waals surface area contributed by atoms with Crippen molar-refractivity contribution in [1.29, 1.82) is 0 Å². The van der Waals surface area contributed by atoms with E-state index in [0.717, 1.165) is 44.2 Å². The Hall–Kier alpha value is -1.40. The quantitative estimate of drug-likeness (QED) is 0.713. The topological polar surface area (TPSA) is 58.6 Å². The highest BCUT2D eigenvalue weighted by atomic mass is 32.1. The fraction of sp³-hybridized carbons (Fsp3) is 0.684. The van der Waals surface area contributed by atoms with Gasteiger partial charge in [-0.3, -0.25) is 9.69 Å². The molecule has 0 saturated carbocycles. The van der Waals surface area contributed by atoms with Crippen molar-refractivity contribution in [2.24, 2.45) is 5.92 Å². The Morgan fingerprint density at radius 1 is 1.36 bits per heavy atom. The molecule has 1 aromatic rings. The summed E-state index contributed by atoms with van der Waals surface area (Å²) in [6.45, 7) is 7.74. The normalized spacial score (nSPS) is 16.6. The van der Waals surface area contributed by atoms with Crippen LogP contribution in [-0.2, 0) is 22.4 Å². The molecule has 0 radical (unpaired) electrons. The fourth-order valence-corrected chi connectivity index (χ4v) is 4.59. The van der Waals surface area contributed by atoms with Crippen molar-refractivity contribution >= 4 is 28.2 Å². The molecule has 1 amide bonds. The van der Waals surface area contributed by atoms with Crippen LogP contribution in [0.25, 0.3) is 0 Å². The molecule has 5 nitrogen and oxygen atoms in total. The molecule has 0 aliphatic heterocycles. The van der Waals surface area contributed by atoms with E-state index in [0.29, 0.717) is 29.6 Å². The highest BCUT2D eigenvalue weighted by molar-refractivity contribution is 7.17. The number of carbonyl (C=O) groups excluding carboxylic acids is 2. The van der Waals surface area contributed by atoms with E-state index < -0.39 is 0 Å². The van der Waals surface area contributed by atoms with Crippen LogP contribution in [-0.4, -0.2) is 43.5 Å². The minimum absolute atomic E-state index is 0.0733. The third-order valence-corrected chi connectivity index (χ3v) is 5.72. The molecule has 1 atom stereocenters. The average Bonchev–Trinajstić information content (AvgIpc) is 2.89. The van der Waals surface area contributed by atoms with Gasteiger partial charge in [0.15, 0.2) is 0 Å². The molecule has 1 aliphatic rings. The summed E-state index contributed by atoms with van der Waals surface area (Å²) in [5, 5.41) is 3.63. The van der Waals surface area contributed by atoms with Crippen molar-refractivity contribution in [3.63, 3.8) is 0 Å². The summed E-state index contributed by atoms with van der Waals surface area (Å²) in [7, 11) is 1.95. The van der Waals surface area contributed by atoms with Crippen LogP contribution in [0.15, 0.2) is 0 Å². The highest BCUT2D eigenvalue weighted by Crippen LogP contribution is 2.40. The lowest BCUT2D eigenvalue weighted by atomic mass is 9.88. The molecule has 25 heavy (non-hydrogen) atoms. The molecular formula is C19H30N2O3S. The van der Waals surface area contributed by atoms with Gasteiger partial charge in [0, 0.05) is 4.88 Å². The Balaban J connectivity index is 2.16. The highest BCUT2D eigenvalue weighted by Gasteiger charge is 2.29. The van der Waals surface area contributed by atoms with Gasteiger partial charge in [0.05, 0.1) is 18.7 Å². The summed E-state index contributed by atoms with van der Waals surface area (Å²) in [6, 6.07) is 0. The zero-order valence-corrected chi connectivity index (χ0v) is 16.6. The maximum atomic E-state index is 12.4. The van der Waals surface area contributed by atoms with E-state index in [4.69, 9.17) is 4.74 Å². The largest absolute Gasteiger partial charge is 0.462 e. The van der Waals surface area contributed by atoms with Crippen LogP contribution in [0.3, 0.4) is 0 Å². The van der Waals surface area contributed by atoms with Gasteiger partial charge in [0.1, 0.15) is 5.00 Å². The third kappa shape index (κ3) is 5.28. The molecule has 2 rings (SSSR count). The molecular weight excluding hydrogens is 336 g/mol. The number of nitrogens with zero attached hydrogens (tertiary/aromatic N) is 1. The van der Waals surface area contributed by atoms with E-state index in [1.807, 2.05) is 11.9 Å². The number of thiophene rings is 1. The summed E-state index contributed by atoms with van der Waals surface area (Å²) in [4.78, 5) is 28.1. The molecule has 1 aromatic heterocycles. The van der Waals surface area contributed by atoms with Crippen molar-refractivity contribution < 1.29 is 14.3 Å². The Morgan fingerprint density at radius 3 is 2.80 bits per heavy atom. The van der Waals surface area contributed by atoms with E-state index in [1.54, 1.807) is 18.3 Å². The first-order chi connectivity index (χ1) is 12.0. The van der Waals surface area contributed by atoms with Crippen LogP contribution in [0.1, 0.15) is 60.8 Å². The Kier molecular flexibility index (Phi) is 7.44. The Labute approximate surface area is 154 Å². The number of hydrogen-bond acceptors (Lipinski definition) is 5. The number of amides is 1. The van der Waals surface area contributed by atoms with Gasteiger partial charge in [-0.25, -0.2) is 4.79 Å². The molecule has 140 valence electrons. The molecule has 0 bridgehead atoms. The lowest BCUT2D eigenvalue weighted by Gasteiger charge is -2.18. The predicted molar refractivity (Wildman–Crippen MR) is 102 cm³/mol. The first-order valence-electron chi connectivity index (χ1n) is 9.26. The molecule has 1 N–H and O–H groups in total. The van der Waals surface area contributed by atoms with Crippen molar-refractivity contribution in [2.45, 2.75) is 52.9 Å². The molecule has 0 fully saturated rings. The van der Waals surface area contributed by atoms with Crippen LogP contribution in [0.4, 0.5) is 5.00 Å². The molecule has 6 heteroatoms. The van der Waals surface area contributed by atoms with Crippen molar-refractivity contribution in [3.8, 4) is 0 Å². The monoisotopic (exact) mass is 366 g/mol. The second-order valence-electron chi connectivity index (χ2n) is 6.92.